The minimum atomic E-state index is -0.981. The van der Waals surface area contributed by atoms with E-state index in [1.54, 1.807) is 31.2 Å². The Morgan fingerprint density at radius 2 is 1.89 bits per heavy atom. The molecule has 98 valence electrons. The number of hydrogen-bond donors (Lipinski definition) is 2. The Hall–Kier alpha value is -2.04. The van der Waals surface area contributed by atoms with E-state index in [1.165, 1.54) is 11.9 Å². The van der Waals surface area contributed by atoms with Crippen molar-refractivity contribution in [2.45, 2.75) is 25.8 Å². The summed E-state index contributed by atoms with van der Waals surface area (Å²) in [6.07, 6.45) is 0.569. The molecule has 1 atom stereocenters. The van der Waals surface area contributed by atoms with Crippen molar-refractivity contribution in [3.05, 3.63) is 29.8 Å². The van der Waals surface area contributed by atoms with Crippen LogP contribution < -0.4 is 5.73 Å². The van der Waals surface area contributed by atoms with Gasteiger partial charge in [0.1, 0.15) is 6.04 Å². The normalized spacial score (nSPS) is 11.9. The molecule has 1 aromatic carbocycles. The molecule has 0 fully saturated rings. The van der Waals surface area contributed by atoms with Crippen LogP contribution in [0.15, 0.2) is 24.3 Å². The van der Waals surface area contributed by atoms with Crippen LogP contribution in [0, 0.1) is 0 Å². The van der Waals surface area contributed by atoms with Gasteiger partial charge in [0, 0.05) is 12.7 Å². The highest BCUT2D eigenvalue weighted by atomic mass is 16.4. The van der Waals surface area contributed by atoms with Crippen molar-refractivity contribution in [3.63, 3.8) is 0 Å². The Bertz CT molecular complexity index is 428. The van der Waals surface area contributed by atoms with Crippen LogP contribution >= 0.6 is 0 Å². The van der Waals surface area contributed by atoms with Gasteiger partial charge >= 0.3 is 5.97 Å². The molecule has 3 N–H and O–H groups in total. The Balaban J connectivity index is 2.70. The first kappa shape index (κ1) is 14.0. The van der Waals surface area contributed by atoms with Gasteiger partial charge in [0.05, 0.1) is 6.42 Å². The van der Waals surface area contributed by atoms with Crippen LogP contribution in [0.4, 0.5) is 5.69 Å². The highest BCUT2D eigenvalue weighted by Crippen LogP contribution is 2.09. The maximum Gasteiger partial charge on any atom is 0.326 e. The highest BCUT2D eigenvalue weighted by Gasteiger charge is 2.24. The van der Waals surface area contributed by atoms with Gasteiger partial charge in [-0.15, -0.1) is 0 Å². The monoisotopic (exact) mass is 250 g/mol. The molecule has 0 unspecified atom stereocenters. The zero-order chi connectivity index (χ0) is 13.7. The Labute approximate surface area is 106 Å². The van der Waals surface area contributed by atoms with Crippen molar-refractivity contribution >= 4 is 17.6 Å². The van der Waals surface area contributed by atoms with E-state index in [4.69, 9.17) is 10.8 Å². The van der Waals surface area contributed by atoms with Gasteiger partial charge in [-0.3, -0.25) is 4.79 Å². The number of amides is 1. The van der Waals surface area contributed by atoms with Crippen molar-refractivity contribution in [2.75, 3.05) is 12.8 Å². The average Bonchev–Trinajstić information content (AvgIpc) is 2.32. The predicted octanol–water partition coefficient (Wildman–Crippen LogP) is 1.13. The number of nitrogens with zero attached hydrogens (tertiary/aromatic N) is 1. The number of carbonyl (C=O) groups excluding carboxylic acids is 1. The minimum absolute atomic E-state index is 0.181. The van der Waals surface area contributed by atoms with Crippen molar-refractivity contribution in [3.8, 4) is 0 Å². The number of hydrogen-bond acceptors (Lipinski definition) is 3. The van der Waals surface area contributed by atoms with Crippen LogP contribution in [0.2, 0.25) is 0 Å². The molecule has 18 heavy (non-hydrogen) atoms. The molecule has 0 heterocycles. The number of carboxylic acid groups (broad SMARTS) is 1. The molecule has 1 rings (SSSR count). The first-order chi connectivity index (χ1) is 8.45. The molecule has 0 radical (unpaired) electrons. The number of nitrogens with two attached hydrogens (primary N) is 1. The lowest BCUT2D eigenvalue weighted by molar-refractivity contribution is -0.148. The standard InChI is InChI=1S/C13H18N2O3/c1-3-11(13(17)18)15(2)12(16)8-9-4-6-10(14)7-5-9/h4-7,11H,3,8,14H2,1-2H3,(H,17,18)/t11-/m1/s1. The number of rotatable bonds is 5. The number of aliphatic carboxylic acids is 1. The van der Waals surface area contributed by atoms with Crippen LogP contribution in [0.5, 0.6) is 0 Å². The summed E-state index contributed by atoms with van der Waals surface area (Å²) in [7, 11) is 1.52. The molecular weight excluding hydrogens is 232 g/mol. The fourth-order valence-electron chi connectivity index (χ4n) is 1.72. The third-order valence-electron chi connectivity index (χ3n) is 2.87. The van der Waals surface area contributed by atoms with Gasteiger partial charge in [0.2, 0.25) is 5.91 Å². The molecule has 5 nitrogen and oxygen atoms in total. The van der Waals surface area contributed by atoms with Crippen molar-refractivity contribution in [1.82, 2.24) is 4.90 Å². The van der Waals surface area contributed by atoms with Gasteiger partial charge in [0.15, 0.2) is 0 Å². The summed E-state index contributed by atoms with van der Waals surface area (Å²) in [4.78, 5) is 24.2. The molecule has 5 heteroatoms. The first-order valence-electron chi connectivity index (χ1n) is 5.78. The van der Waals surface area contributed by atoms with Crippen LogP contribution in [-0.4, -0.2) is 35.0 Å². The molecule has 0 aliphatic carbocycles. The van der Waals surface area contributed by atoms with E-state index in [1.807, 2.05) is 0 Å². The van der Waals surface area contributed by atoms with Gasteiger partial charge in [-0.2, -0.15) is 0 Å². The van der Waals surface area contributed by atoms with Crippen LogP contribution in [0.3, 0.4) is 0 Å². The second-order valence-electron chi connectivity index (χ2n) is 4.19. The van der Waals surface area contributed by atoms with E-state index in [0.717, 1.165) is 5.56 Å². The maximum atomic E-state index is 11.9. The van der Waals surface area contributed by atoms with Crippen molar-refractivity contribution in [1.29, 1.82) is 0 Å². The number of benzene rings is 1. The number of anilines is 1. The third kappa shape index (κ3) is 3.48. The molecule has 0 spiro atoms. The molecular formula is C13H18N2O3. The van der Waals surface area contributed by atoms with Crippen LogP contribution in [0.1, 0.15) is 18.9 Å². The summed E-state index contributed by atoms with van der Waals surface area (Å²) in [6, 6.07) is 6.20. The first-order valence-corrected chi connectivity index (χ1v) is 5.78. The topological polar surface area (TPSA) is 83.6 Å². The zero-order valence-corrected chi connectivity index (χ0v) is 10.6. The Morgan fingerprint density at radius 1 is 1.33 bits per heavy atom. The second kappa shape index (κ2) is 6.05. The van der Waals surface area contributed by atoms with Gasteiger partial charge < -0.3 is 15.7 Å². The van der Waals surface area contributed by atoms with Gasteiger partial charge in [0.25, 0.3) is 0 Å². The molecule has 1 aromatic rings. The Morgan fingerprint density at radius 3 is 2.33 bits per heavy atom. The summed E-state index contributed by atoms with van der Waals surface area (Å²) in [6.45, 7) is 1.74. The number of likely N-dealkylation sites (N-methyl/N-ethyl adjacent to an activating group) is 1. The molecule has 0 saturated heterocycles. The number of carboxylic acids is 1. The second-order valence-corrected chi connectivity index (χ2v) is 4.19. The van der Waals surface area contributed by atoms with E-state index in [0.29, 0.717) is 12.1 Å². The summed E-state index contributed by atoms with van der Waals surface area (Å²) in [5, 5.41) is 8.98. The van der Waals surface area contributed by atoms with E-state index in [9.17, 15) is 9.59 Å². The van der Waals surface area contributed by atoms with E-state index >= 15 is 0 Å². The van der Waals surface area contributed by atoms with Gasteiger partial charge in [-0.1, -0.05) is 19.1 Å². The third-order valence-corrected chi connectivity index (χ3v) is 2.87. The Kier molecular flexibility index (Phi) is 4.71. The lowest BCUT2D eigenvalue weighted by Crippen LogP contribution is -2.42. The molecule has 0 aliphatic rings. The molecule has 0 saturated carbocycles. The predicted molar refractivity (Wildman–Crippen MR) is 69.0 cm³/mol. The van der Waals surface area contributed by atoms with Gasteiger partial charge in [-0.25, -0.2) is 4.79 Å². The molecule has 0 bridgehead atoms. The van der Waals surface area contributed by atoms with Gasteiger partial charge in [-0.05, 0) is 24.1 Å². The largest absolute Gasteiger partial charge is 0.480 e. The van der Waals surface area contributed by atoms with Crippen LogP contribution in [0.25, 0.3) is 0 Å². The fourth-order valence-corrected chi connectivity index (χ4v) is 1.72. The molecule has 1 amide bonds. The quantitative estimate of drug-likeness (QED) is 0.767. The SMILES string of the molecule is CC[C@H](C(=O)O)N(C)C(=O)Cc1ccc(N)cc1. The van der Waals surface area contributed by atoms with Crippen molar-refractivity contribution in [2.24, 2.45) is 0 Å². The smallest absolute Gasteiger partial charge is 0.326 e. The lowest BCUT2D eigenvalue weighted by atomic mass is 10.1. The maximum absolute atomic E-state index is 11.9. The summed E-state index contributed by atoms with van der Waals surface area (Å²) in [5.41, 5.74) is 7.01. The molecule has 0 aromatic heterocycles. The zero-order valence-electron chi connectivity index (χ0n) is 10.6. The van der Waals surface area contributed by atoms with E-state index in [2.05, 4.69) is 0 Å². The summed E-state index contributed by atoms with van der Waals surface area (Å²) in [5.74, 6) is -1.19. The van der Waals surface area contributed by atoms with Crippen LogP contribution in [-0.2, 0) is 16.0 Å². The van der Waals surface area contributed by atoms with Crippen molar-refractivity contribution < 1.29 is 14.7 Å². The number of nitrogen functional groups attached to an aromatic ring is 1. The highest BCUT2D eigenvalue weighted by molar-refractivity contribution is 5.84. The lowest BCUT2D eigenvalue weighted by Gasteiger charge is -2.23. The molecule has 0 aliphatic heterocycles. The number of carbonyl (C=O) groups is 2. The summed E-state index contributed by atoms with van der Waals surface area (Å²) < 4.78 is 0. The fraction of sp³-hybridized carbons (Fsp3) is 0.385. The van der Waals surface area contributed by atoms with E-state index < -0.39 is 12.0 Å². The minimum Gasteiger partial charge on any atom is -0.480 e. The average molecular weight is 250 g/mol. The van der Waals surface area contributed by atoms with E-state index in [-0.39, 0.29) is 12.3 Å². The summed E-state index contributed by atoms with van der Waals surface area (Å²) >= 11 is 0.